The second-order valence-electron chi connectivity index (χ2n) is 5.07. The number of hydrogen-bond donors (Lipinski definition) is 2. The van der Waals surface area contributed by atoms with Gasteiger partial charge in [-0.25, -0.2) is 4.39 Å². The van der Waals surface area contributed by atoms with Crippen LogP contribution in [0.4, 0.5) is 4.39 Å². The Labute approximate surface area is 111 Å². The molecule has 0 spiro atoms. The van der Waals surface area contributed by atoms with E-state index in [4.69, 9.17) is 10.5 Å². The number of halogens is 1. The smallest absolute Gasteiger partial charge is 0.311 e. The summed E-state index contributed by atoms with van der Waals surface area (Å²) < 4.78 is 18.9. The number of carboxylic acids is 1. The van der Waals surface area contributed by atoms with Crippen molar-refractivity contribution in [1.82, 2.24) is 0 Å². The predicted octanol–water partition coefficient (Wildman–Crippen LogP) is 1.82. The number of nitrogens with two attached hydrogens (primary N) is 1. The first-order valence-electron chi connectivity index (χ1n) is 6.29. The standard InChI is InChI=1S/C14H18FNO3/c1-19-11-5-2-9(12(15)6-11)7-14(8-16,13(17)18)10-3-4-10/h2,5-6,10H,3-4,7-8,16H2,1H3,(H,17,18). The maximum absolute atomic E-state index is 13.9. The molecule has 1 aromatic rings. The van der Waals surface area contributed by atoms with Gasteiger partial charge in [-0.3, -0.25) is 4.79 Å². The van der Waals surface area contributed by atoms with Gasteiger partial charge in [-0.1, -0.05) is 6.07 Å². The molecule has 1 aromatic carbocycles. The monoisotopic (exact) mass is 267 g/mol. The van der Waals surface area contributed by atoms with Crippen LogP contribution in [0.5, 0.6) is 5.75 Å². The molecule has 3 N–H and O–H groups in total. The van der Waals surface area contributed by atoms with E-state index in [1.807, 2.05) is 0 Å². The van der Waals surface area contributed by atoms with Crippen LogP contribution >= 0.6 is 0 Å². The lowest BCUT2D eigenvalue weighted by Crippen LogP contribution is -2.42. The lowest BCUT2D eigenvalue weighted by atomic mass is 9.77. The molecule has 19 heavy (non-hydrogen) atoms. The summed E-state index contributed by atoms with van der Waals surface area (Å²) in [5.74, 6) is -0.912. The summed E-state index contributed by atoms with van der Waals surface area (Å²) >= 11 is 0. The van der Waals surface area contributed by atoms with Crippen LogP contribution in [0.2, 0.25) is 0 Å². The van der Waals surface area contributed by atoms with Gasteiger partial charge in [-0.2, -0.15) is 0 Å². The van der Waals surface area contributed by atoms with Gasteiger partial charge in [0.25, 0.3) is 0 Å². The van der Waals surface area contributed by atoms with Crippen molar-refractivity contribution >= 4 is 5.97 Å². The minimum atomic E-state index is -1.05. The van der Waals surface area contributed by atoms with E-state index in [0.717, 1.165) is 12.8 Å². The van der Waals surface area contributed by atoms with Crippen molar-refractivity contribution < 1.29 is 19.0 Å². The largest absolute Gasteiger partial charge is 0.497 e. The fraction of sp³-hybridized carbons (Fsp3) is 0.500. The van der Waals surface area contributed by atoms with Gasteiger partial charge in [-0.15, -0.1) is 0 Å². The Bertz CT molecular complexity index is 488. The van der Waals surface area contributed by atoms with Crippen molar-refractivity contribution in [2.24, 2.45) is 17.1 Å². The van der Waals surface area contributed by atoms with Crippen LogP contribution in [-0.2, 0) is 11.2 Å². The van der Waals surface area contributed by atoms with Gasteiger partial charge in [0.15, 0.2) is 0 Å². The SMILES string of the molecule is COc1ccc(CC(CN)(C(=O)O)C2CC2)c(F)c1. The number of carboxylic acid groups (broad SMARTS) is 1. The minimum Gasteiger partial charge on any atom is -0.497 e. The molecule has 1 aliphatic carbocycles. The van der Waals surface area contributed by atoms with E-state index in [-0.39, 0.29) is 18.9 Å². The molecule has 0 bridgehead atoms. The second kappa shape index (κ2) is 5.17. The van der Waals surface area contributed by atoms with Gasteiger partial charge < -0.3 is 15.6 Å². The van der Waals surface area contributed by atoms with Crippen LogP contribution in [0.3, 0.4) is 0 Å². The molecule has 0 heterocycles. The summed E-state index contributed by atoms with van der Waals surface area (Å²) in [5.41, 5.74) is 5.00. The fourth-order valence-electron chi connectivity index (χ4n) is 2.49. The number of ether oxygens (including phenoxy) is 1. The maximum Gasteiger partial charge on any atom is 0.311 e. The van der Waals surface area contributed by atoms with Crippen LogP contribution in [0.1, 0.15) is 18.4 Å². The van der Waals surface area contributed by atoms with Crippen LogP contribution in [0, 0.1) is 17.2 Å². The summed E-state index contributed by atoms with van der Waals surface area (Å²) in [5, 5.41) is 9.46. The normalized spacial score (nSPS) is 17.8. The van der Waals surface area contributed by atoms with Gasteiger partial charge in [0.05, 0.1) is 12.5 Å². The Kier molecular flexibility index (Phi) is 3.75. The second-order valence-corrected chi connectivity index (χ2v) is 5.07. The fourth-order valence-corrected chi connectivity index (χ4v) is 2.49. The van der Waals surface area contributed by atoms with Gasteiger partial charge in [0.1, 0.15) is 11.6 Å². The third-order valence-corrected chi connectivity index (χ3v) is 3.92. The molecule has 1 saturated carbocycles. The summed E-state index contributed by atoms with van der Waals surface area (Å²) in [6.07, 6.45) is 1.82. The summed E-state index contributed by atoms with van der Waals surface area (Å²) in [7, 11) is 1.46. The van der Waals surface area contributed by atoms with E-state index in [1.165, 1.54) is 13.2 Å². The van der Waals surface area contributed by atoms with Crippen molar-refractivity contribution in [3.8, 4) is 5.75 Å². The highest BCUT2D eigenvalue weighted by molar-refractivity contribution is 5.76. The maximum atomic E-state index is 13.9. The first-order chi connectivity index (χ1) is 9.03. The number of carbonyl (C=O) groups is 1. The van der Waals surface area contributed by atoms with Crippen LogP contribution in [0.25, 0.3) is 0 Å². The molecule has 0 amide bonds. The zero-order valence-electron chi connectivity index (χ0n) is 10.9. The molecule has 104 valence electrons. The van der Waals surface area contributed by atoms with E-state index in [2.05, 4.69) is 0 Å². The number of aliphatic carboxylic acids is 1. The third-order valence-electron chi connectivity index (χ3n) is 3.92. The molecule has 0 aliphatic heterocycles. The predicted molar refractivity (Wildman–Crippen MR) is 68.5 cm³/mol. The van der Waals surface area contributed by atoms with Crippen LogP contribution in [0.15, 0.2) is 18.2 Å². The summed E-state index contributed by atoms with van der Waals surface area (Å²) in [4.78, 5) is 11.5. The highest BCUT2D eigenvalue weighted by Crippen LogP contribution is 2.47. The summed E-state index contributed by atoms with van der Waals surface area (Å²) in [6, 6.07) is 4.48. The zero-order chi connectivity index (χ0) is 14.0. The molecule has 1 aliphatic rings. The number of rotatable bonds is 6. The van der Waals surface area contributed by atoms with Gasteiger partial charge >= 0.3 is 5.97 Å². The van der Waals surface area contributed by atoms with E-state index in [0.29, 0.717) is 11.3 Å². The third kappa shape index (κ3) is 2.56. The Morgan fingerprint density at radius 1 is 1.58 bits per heavy atom. The molecule has 5 heteroatoms. The van der Waals surface area contributed by atoms with E-state index in [1.54, 1.807) is 12.1 Å². The lowest BCUT2D eigenvalue weighted by molar-refractivity contribution is -0.149. The van der Waals surface area contributed by atoms with E-state index < -0.39 is 17.2 Å². The molecule has 0 aromatic heterocycles. The van der Waals surface area contributed by atoms with E-state index in [9.17, 15) is 14.3 Å². The molecular weight excluding hydrogens is 249 g/mol. The van der Waals surface area contributed by atoms with Crippen molar-refractivity contribution in [2.45, 2.75) is 19.3 Å². The Hall–Kier alpha value is -1.62. The minimum absolute atomic E-state index is 0.0263. The lowest BCUT2D eigenvalue weighted by Gasteiger charge is -2.28. The summed E-state index contributed by atoms with van der Waals surface area (Å²) in [6.45, 7) is 0.0263. The number of benzene rings is 1. The average molecular weight is 267 g/mol. The van der Waals surface area contributed by atoms with Gasteiger partial charge in [0.2, 0.25) is 0 Å². The molecule has 4 nitrogen and oxygen atoms in total. The zero-order valence-corrected chi connectivity index (χ0v) is 10.9. The Morgan fingerprint density at radius 2 is 2.26 bits per heavy atom. The van der Waals surface area contributed by atoms with Crippen molar-refractivity contribution in [1.29, 1.82) is 0 Å². The van der Waals surface area contributed by atoms with Crippen LogP contribution < -0.4 is 10.5 Å². The molecule has 1 unspecified atom stereocenters. The first kappa shape index (κ1) is 13.8. The molecule has 1 atom stereocenters. The quantitative estimate of drug-likeness (QED) is 0.824. The highest BCUT2D eigenvalue weighted by atomic mass is 19.1. The highest BCUT2D eigenvalue weighted by Gasteiger charge is 2.50. The van der Waals surface area contributed by atoms with E-state index >= 15 is 0 Å². The van der Waals surface area contributed by atoms with Gasteiger partial charge in [0, 0.05) is 12.6 Å². The van der Waals surface area contributed by atoms with Crippen LogP contribution in [-0.4, -0.2) is 24.7 Å². The molecule has 2 rings (SSSR count). The molecular formula is C14H18FNO3. The van der Waals surface area contributed by atoms with Crippen molar-refractivity contribution in [3.05, 3.63) is 29.6 Å². The van der Waals surface area contributed by atoms with Crippen molar-refractivity contribution in [2.75, 3.05) is 13.7 Å². The van der Waals surface area contributed by atoms with Gasteiger partial charge in [-0.05, 0) is 36.8 Å². The van der Waals surface area contributed by atoms with Crippen molar-refractivity contribution in [3.63, 3.8) is 0 Å². The molecule has 0 saturated heterocycles. The first-order valence-corrected chi connectivity index (χ1v) is 6.29. The average Bonchev–Trinajstić information content (AvgIpc) is 3.21. The molecule has 1 fully saturated rings. The Balaban J connectivity index is 2.29. The topological polar surface area (TPSA) is 72.5 Å². The number of methoxy groups -OCH3 is 1. The number of hydrogen-bond acceptors (Lipinski definition) is 3. The Morgan fingerprint density at radius 3 is 2.68 bits per heavy atom. The molecule has 0 radical (unpaired) electrons.